The van der Waals surface area contributed by atoms with Crippen LogP contribution >= 0.6 is 34.9 Å². The third-order valence-electron chi connectivity index (χ3n) is 3.34. The molecule has 2 heterocycles. The second kappa shape index (κ2) is 5.81. The number of halogens is 2. The highest BCUT2D eigenvalue weighted by Gasteiger charge is 2.20. The molecule has 2 aromatic rings. The molecule has 20 heavy (non-hydrogen) atoms. The number of rotatable bonds is 3. The molecular formula is C12H12Cl2N4OS. The van der Waals surface area contributed by atoms with Crippen LogP contribution in [0.25, 0.3) is 11.0 Å². The number of nitrogens with zero attached hydrogens (tertiary/aromatic N) is 2. The molecule has 1 aliphatic rings. The number of benzene rings is 1. The van der Waals surface area contributed by atoms with Gasteiger partial charge in [-0.05, 0) is 31.5 Å². The van der Waals surface area contributed by atoms with Gasteiger partial charge in [0.2, 0.25) is 5.91 Å². The highest BCUT2D eigenvalue weighted by atomic mass is 35.5. The van der Waals surface area contributed by atoms with Crippen molar-refractivity contribution in [3.05, 3.63) is 16.1 Å². The van der Waals surface area contributed by atoms with Crippen molar-refractivity contribution < 1.29 is 4.79 Å². The van der Waals surface area contributed by atoms with E-state index in [2.05, 4.69) is 19.4 Å². The molecule has 0 radical (unpaired) electrons. The number of nitrogens with one attached hydrogen (secondary N) is 2. The molecule has 106 valence electrons. The van der Waals surface area contributed by atoms with Gasteiger partial charge in [-0.1, -0.05) is 23.2 Å². The molecule has 3 rings (SSSR count). The maximum Gasteiger partial charge on any atom is 0.224 e. The standard InChI is InChI=1S/C12H12Cl2N4OS/c13-7-4-8(14)11-12(18-20-17-11)10(7)16-9(19)3-6-1-2-15-5-6/h4,6,15H,1-3,5H2,(H,16,19). The number of fused-ring (bicyclic) bond motifs is 1. The van der Waals surface area contributed by atoms with Crippen LogP contribution in [0.15, 0.2) is 6.07 Å². The summed E-state index contributed by atoms with van der Waals surface area (Å²) in [4.78, 5) is 12.1. The molecule has 1 aromatic carbocycles. The highest BCUT2D eigenvalue weighted by Crippen LogP contribution is 2.35. The molecule has 1 amide bonds. The summed E-state index contributed by atoms with van der Waals surface area (Å²) in [7, 11) is 0. The highest BCUT2D eigenvalue weighted by molar-refractivity contribution is 7.00. The largest absolute Gasteiger partial charge is 0.323 e. The molecule has 1 saturated heterocycles. The van der Waals surface area contributed by atoms with E-state index in [0.717, 1.165) is 31.2 Å². The summed E-state index contributed by atoms with van der Waals surface area (Å²) in [5, 5.41) is 6.91. The van der Waals surface area contributed by atoms with Crippen molar-refractivity contribution in [2.24, 2.45) is 5.92 Å². The zero-order valence-corrected chi connectivity index (χ0v) is 12.8. The molecule has 2 N–H and O–H groups in total. The van der Waals surface area contributed by atoms with Crippen molar-refractivity contribution in [3.63, 3.8) is 0 Å². The molecule has 1 atom stereocenters. The molecule has 1 unspecified atom stereocenters. The fraction of sp³-hybridized carbons (Fsp3) is 0.417. The number of carbonyl (C=O) groups is 1. The van der Waals surface area contributed by atoms with Crippen molar-refractivity contribution in [1.29, 1.82) is 0 Å². The number of carbonyl (C=O) groups excluding carboxylic acids is 1. The summed E-state index contributed by atoms with van der Waals surface area (Å²) < 4.78 is 8.27. The van der Waals surface area contributed by atoms with Gasteiger partial charge in [-0.15, -0.1) is 0 Å². The SMILES string of the molecule is O=C(CC1CCNC1)Nc1c(Cl)cc(Cl)c2nsnc12. The minimum absolute atomic E-state index is 0.0581. The number of aromatic nitrogens is 2. The molecule has 5 nitrogen and oxygen atoms in total. The average molecular weight is 331 g/mol. The Hall–Kier alpha value is -0.950. The fourth-order valence-electron chi connectivity index (χ4n) is 2.33. The number of anilines is 1. The Kier molecular flexibility index (Phi) is 4.07. The summed E-state index contributed by atoms with van der Waals surface area (Å²) in [5.74, 6) is 0.322. The Morgan fingerprint density at radius 1 is 1.40 bits per heavy atom. The lowest BCUT2D eigenvalue weighted by Crippen LogP contribution is -2.18. The second-order valence-corrected chi connectivity index (χ2v) is 6.13. The zero-order valence-electron chi connectivity index (χ0n) is 10.4. The van der Waals surface area contributed by atoms with Crippen molar-refractivity contribution in [3.8, 4) is 0 Å². The minimum atomic E-state index is -0.0581. The van der Waals surface area contributed by atoms with E-state index in [0.29, 0.717) is 39.1 Å². The Morgan fingerprint density at radius 3 is 2.95 bits per heavy atom. The molecule has 1 aromatic heterocycles. The molecule has 1 fully saturated rings. The summed E-state index contributed by atoms with van der Waals surface area (Å²) in [5.41, 5.74) is 1.61. The molecule has 0 saturated carbocycles. The Morgan fingerprint density at radius 2 is 2.20 bits per heavy atom. The maximum absolute atomic E-state index is 12.1. The smallest absolute Gasteiger partial charge is 0.224 e. The van der Waals surface area contributed by atoms with Crippen LogP contribution in [0.3, 0.4) is 0 Å². The third-order valence-corrected chi connectivity index (χ3v) is 4.46. The summed E-state index contributed by atoms with van der Waals surface area (Å²) in [6.45, 7) is 1.86. The van der Waals surface area contributed by atoms with Gasteiger partial charge in [-0.25, -0.2) is 0 Å². The lowest BCUT2D eigenvalue weighted by Gasteiger charge is -2.11. The van der Waals surface area contributed by atoms with Gasteiger partial charge >= 0.3 is 0 Å². The summed E-state index contributed by atoms with van der Waals surface area (Å²) in [6, 6.07) is 1.58. The van der Waals surface area contributed by atoms with Crippen LogP contribution in [0.2, 0.25) is 10.0 Å². The van der Waals surface area contributed by atoms with Gasteiger partial charge in [-0.2, -0.15) is 8.75 Å². The molecule has 8 heteroatoms. The first kappa shape index (κ1) is 14.0. The van der Waals surface area contributed by atoms with Crippen LogP contribution in [-0.2, 0) is 4.79 Å². The van der Waals surface area contributed by atoms with Gasteiger partial charge in [0.25, 0.3) is 0 Å². The maximum atomic E-state index is 12.1. The van der Waals surface area contributed by atoms with E-state index in [1.165, 1.54) is 0 Å². The van der Waals surface area contributed by atoms with E-state index in [1.807, 2.05) is 0 Å². The fourth-order valence-corrected chi connectivity index (χ4v) is 3.49. The Bertz CT molecular complexity index is 654. The molecule has 1 aliphatic heterocycles. The quantitative estimate of drug-likeness (QED) is 0.907. The number of hydrogen-bond acceptors (Lipinski definition) is 5. The van der Waals surface area contributed by atoms with Crippen LogP contribution in [0.5, 0.6) is 0 Å². The van der Waals surface area contributed by atoms with Crippen molar-refractivity contribution in [2.45, 2.75) is 12.8 Å². The van der Waals surface area contributed by atoms with Crippen molar-refractivity contribution >= 4 is 57.6 Å². The molecular weight excluding hydrogens is 319 g/mol. The zero-order chi connectivity index (χ0) is 14.1. The van der Waals surface area contributed by atoms with Gasteiger partial charge in [0.15, 0.2) is 0 Å². The lowest BCUT2D eigenvalue weighted by molar-refractivity contribution is -0.116. The van der Waals surface area contributed by atoms with Crippen molar-refractivity contribution in [1.82, 2.24) is 14.1 Å². The van der Waals surface area contributed by atoms with Gasteiger partial charge in [0.1, 0.15) is 11.0 Å². The van der Waals surface area contributed by atoms with E-state index < -0.39 is 0 Å². The van der Waals surface area contributed by atoms with Gasteiger partial charge < -0.3 is 10.6 Å². The van der Waals surface area contributed by atoms with Crippen LogP contribution in [0.1, 0.15) is 12.8 Å². The summed E-state index contributed by atoms with van der Waals surface area (Å²) in [6.07, 6.45) is 1.50. The van der Waals surface area contributed by atoms with Crippen LogP contribution in [0, 0.1) is 5.92 Å². The van der Waals surface area contributed by atoms with E-state index in [1.54, 1.807) is 6.07 Å². The predicted molar refractivity (Wildman–Crippen MR) is 81.7 cm³/mol. The third kappa shape index (κ3) is 2.74. The minimum Gasteiger partial charge on any atom is -0.323 e. The van der Waals surface area contributed by atoms with E-state index >= 15 is 0 Å². The van der Waals surface area contributed by atoms with Gasteiger partial charge in [-0.3, -0.25) is 4.79 Å². The monoisotopic (exact) mass is 330 g/mol. The van der Waals surface area contributed by atoms with E-state index in [-0.39, 0.29) is 5.91 Å². The first-order chi connectivity index (χ1) is 9.65. The average Bonchev–Trinajstić information content (AvgIpc) is 3.04. The second-order valence-electron chi connectivity index (χ2n) is 4.79. The van der Waals surface area contributed by atoms with Crippen LogP contribution in [0.4, 0.5) is 5.69 Å². The lowest BCUT2D eigenvalue weighted by atomic mass is 10.0. The first-order valence-corrected chi connectivity index (χ1v) is 7.74. The topological polar surface area (TPSA) is 66.9 Å². The Labute approximate surface area is 130 Å². The predicted octanol–water partition coefficient (Wildman–Crippen LogP) is 2.94. The van der Waals surface area contributed by atoms with Crippen molar-refractivity contribution in [2.75, 3.05) is 18.4 Å². The normalized spacial score (nSPS) is 18.6. The first-order valence-electron chi connectivity index (χ1n) is 6.26. The summed E-state index contributed by atoms with van der Waals surface area (Å²) >= 11 is 13.2. The van der Waals surface area contributed by atoms with E-state index in [4.69, 9.17) is 23.2 Å². The van der Waals surface area contributed by atoms with Gasteiger partial charge in [0, 0.05) is 6.42 Å². The molecule has 0 bridgehead atoms. The van der Waals surface area contributed by atoms with Gasteiger partial charge in [0.05, 0.1) is 27.5 Å². The van der Waals surface area contributed by atoms with Crippen LogP contribution < -0.4 is 10.6 Å². The number of hydrogen-bond donors (Lipinski definition) is 2. The molecule has 0 aliphatic carbocycles. The Balaban J connectivity index is 1.83. The molecule has 0 spiro atoms. The number of amides is 1. The van der Waals surface area contributed by atoms with E-state index in [9.17, 15) is 4.79 Å². The van der Waals surface area contributed by atoms with Crippen LogP contribution in [-0.4, -0.2) is 27.7 Å².